The van der Waals surface area contributed by atoms with E-state index in [4.69, 9.17) is 0 Å². The molecule has 0 saturated carbocycles. The second kappa shape index (κ2) is 6.72. The van der Waals surface area contributed by atoms with Crippen molar-refractivity contribution in [2.45, 2.75) is 25.7 Å². The molecule has 0 heterocycles. The van der Waals surface area contributed by atoms with E-state index in [-0.39, 0.29) is 0 Å². The highest BCUT2D eigenvalue weighted by Crippen LogP contribution is 2.31. The Kier molecular flexibility index (Phi) is 5.50. The van der Waals surface area contributed by atoms with Gasteiger partial charge in [0, 0.05) is 11.8 Å². The zero-order chi connectivity index (χ0) is 16.2. The Morgan fingerprint density at radius 3 is 2.24 bits per heavy atom. The summed E-state index contributed by atoms with van der Waals surface area (Å²) in [6, 6.07) is 5.29. The van der Waals surface area contributed by atoms with Gasteiger partial charge in [-0.2, -0.15) is 0 Å². The molecule has 112 valence electrons. The third kappa shape index (κ3) is 4.30. The number of hydrogen-bond acceptors (Lipinski definition) is 2. The van der Waals surface area contributed by atoms with E-state index >= 15 is 0 Å². The van der Waals surface area contributed by atoms with Gasteiger partial charge in [-0.3, -0.25) is 0 Å². The van der Waals surface area contributed by atoms with E-state index in [1.54, 1.807) is 18.2 Å². The van der Waals surface area contributed by atoms with E-state index in [2.05, 4.69) is 13.2 Å². The molecule has 0 unspecified atom stereocenters. The molecule has 2 nitrogen and oxygen atoms in total. The lowest BCUT2D eigenvalue weighted by Crippen LogP contribution is -2.04. The number of rotatable bonds is 5. The van der Waals surface area contributed by atoms with E-state index in [1.807, 2.05) is 39.0 Å². The lowest BCUT2D eigenvalue weighted by molar-refractivity contribution is 0.601. The monoisotopic (exact) mass is 302 g/mol. The predicted molar refractivity (Wildman–Crippen MR) is 91.9 cm³/mol. The molecule has 1 aromatic carbocycles. The fraction of sp³-hybridized carbons (Fsp3) is 0.222. The summed E-state index contributed by atoms with van der Waals surface area (Å²) in [5.74, 6) is 0. The highest BCUT2D eigenvalue weighted by molar-refractivity contribution is 7.90. The van der Waals surface area contributed by atoms with Crippen LogP contribution in [0.25, 0.3) is 11.1 Å². The van der Waals surface area contributed by atoms with Crippen LogP contribution in [-0.2, 0) is 9.84 Å². The van der Waals surface area contributed by atoms with Crippen LogP contribution in [0.15, 0.2) is 60.1 Å². The largest absolute Gasteiger partial charge is 0.224 e. The molecule has 0 spiro atoms. The van der Waals surface area contributed by atoms with E-state index in [0.29, 0.717) is 10.5 Å². The molecule has 3 heteroatoms. The molecule has 1 aromatic rings. The van der Waals surface area contributed by atoms with Crippen LogP contribution >= 0.6 is 0 Å². The van der Waals surface area contributed by atoms with Gasteiger partial charge in [-0.05, 0) is 43.5 Å². The molecule has 0 atom stereocenters. The molecule has 0 aliphatic carbocycles. The van der Waals surface area contributed by atoms with E-state index in [9.17, 15) is 8.42 Å². The van der Waals surface area contributed by atoms with Crippen molar-refractivity contribution in [2.24, 2.45) is 0 Å². The molecule has 0 aliphatic heterocycles. The zero-order valence-corrected chi connectivity index (χ0v) is 13.9. The maximum absolute atomic E-state index is 12.0. The van der Waals surface area contributed by atoms with E-state index < -0.39 is 9.84 Å². The first-order valence-electron chi connectivity index (χ1n) is 6.65. The Labute approximate surface area is 128 Å². The molecule has 0 aliphatic rings. The second-order valence-corrected chi connectivity index (χ2v) is 7.29. The Bertz CT molecular complexity index is 728. The van der Waals surface area contributed by atoms with Gasteiger partial charge in [0.05, 0.1) is 4.90 Å². The molecule has 0 bridgehead atoms. The molecule has 0 radical (unpaired) electrons. The summed E-state index contributed by atoms with van der Waals surface area (Å²) in [5.41, 5.74) is 4.30. The van der Waals surface area contributed by atoms with E-state index in [1.165, 1.54) is 6.26 Å². The van der Waals surface area contributed by atoms with Gasteiger partial charge in [0.2, 0.25) is 0 Å². The standard InChI is InChI=1S/C18H22O2S/c1-7-9-15(12-13(2)3)16-10-8-11-17(21(6,19)20)18(16)14(4)5/h7-12H,1,4H2,2-3,5-6H3/b15-9+. The van der Waals surface area contributed by atoms with Gasteiger partial charge < -0.3 is 0 Å². The third-order valence-electron chi connectivity index (χ3n) is 2.91. The average Bonchev–Trinajstić information content (AvgIpc) is 2.35. The van der Waals surface area contributed by atoms with Crippen LogP contribution in [-0.4, -0.2) is 14.7 Å². The van der Waals surface area contributed by atoms with Crippen LogP contribution in [0, 0.1) is 0 Å². The van der Waals surface area contributed by atoms with Gasteiger partial charge in [0.25, 0.3) is 0 Å². The first-order valence-corrected chi connectivity index (χ1v) is 8.54. The highest BCUT2D eigenvalue weighted by atomic mass is 32.2. The summed E-state index contributed by atoms with van der Waals surface area (Å²) in [6.45, 7) is 13.5. The number of benzene rings is 1. The Morgan fingerprint density at radius 1 is 1.19 bits per heavy atom. The molecule has 0 fully saturated rings. The van der Waals surface area contributed by atoms with Crippen LogP contribution < -0.4 is 0 Å². The Balaban J connectivity index is 3.79. The fourth-order valence-electron chi connectivity index (χ4n) is 2.17. The van der Waals surface area contributed by atoms with Gasteiger partial charge in [0.1, 0.15) is 0 Å². The number of hydrogen-bond donors (Lipinski definition) is 0. The van der Waals surface area contributed by atoms with Crippen molar-refractivity contribution in [3.63, 3.8) is 0 Å². The lowest BCUT2D eigenvalue weighted by Gasteiger charge is -2.15. The minimum Gasteiger partial charge on any atom is -0.224 e. The molecule has 1 rings (SSSR count). The van der Waals surface area contributed by atoms with Crippen LogP contribution in [0.5, 0.6) is 0 Å². The Morgan fingerprint density at radius 2 is 1.81 bits per heavy atom. The summed E-state index contributed by atoms with van der Waals surface area (Å²) >= 11 is 0. The van der Waals surface area contributed by atoms with Crippen molar-refractivity contribution in [1.82, 2.24) is 0 Å². The number of allylic oxidation sites excluding steroid dienone is 6. The normalized spacial score (nSPS) is 11.9. The first-order chi connectivity index (χ1) is 9.68. The van der Waals surface area contributed by atoms with Gasteiger partial charge in [0.15, 0.2) is 9.84 Å². The molecule has 0 saturated heterocycles. The maximum Gasteiger partial charge on any atom is 0.176 e. The van der Waals surface area contributed by atoms with Gasteiger partial charge in [-0.15, -0.1) is 0 Å². The Hall–Kier alpha value is -1.87. The summed E-state index contributed by atoms with van der Waals surface area (Å²) in [4.78, 5) is 0.310. The summed E-state index contributed by atoms with van der Waals surface area (Å²) in [7, 11) is -3.31. The molecular formula is C18H22O2S. The average molecular weight is 302 g/mol. The highest BCUT2D eigenvalue weighted by Gasteiger charge is 2.18. The topological polar surface area (TPSA) is 34.1 Å². The summed E-state index contributed by atoms with van der Waals surface area (Å²) in [6.07, 6.45) is 6.80. The maximum atomic E-state index is 12.0. The van der Waals surface area contributed by atoms with Crippen LogP contribution in [0.1, 0.15) is 31.9 Å². The summed E-state index contributed by atoms with van der Waals surface area (Å²) < 4.78 is 24.0. The summed E-state index contributed by atoms with van der Waals surface area (Å²) in [5, 5.41) is 0. The smallest absolute Gasteiger partial charge is 0.176 e. The minimum absolute atomic E-state index is 0.310. The third-order valence-corrected chi connectivity index (χ3v) is 4.04. The SMILES string of the molecule is C=C/C=C(\C=C(C)C)c1cccc(S(C)(=O)=O)c1C(=C)C. The molecular weight excluding hydrogens is 280 g/mol. The quantitative estimate of drug-likeness (QED) is 0.741. The van der Waals surface area contributed by atoms with Crippen LogP contribution in [0.3, 0.4) is 0 Å². The van der Waals surface area contributed by atoms with Crippen molar-refractivity contribution in [2.75, 3.05) is 6.26 Å². The minimum atomic E-state index is -3.31. The van der Waals surface area contributed by atoms with Crippen molar-refractivity contribution < 1.29 is 8.42 Å². The zero-order valence-electron chi connectivity index (χ0n) is 13.1. The predicted octanol–water partition coefficient (Wildman–Crippen LogP) is 4.66. The van der Waals surface area contributed by atoms with Crippen molar-refractivity contribution in [3.8, 4) is 0 Å². The van der Waals surface area contributed by atoms with Crippen LogP contribution in [0.2, 0.25) is 0 Å². The van der Waals surface area contributed by atoms with Crippen molar-refractivity contribution >= 4 is 21.0 Å². The van der Waals surface area contributed by atoms with Crippen LogP contribution in [0.4, 0.5) is 0 Å². The molecule has 0 aromatic heterocycles. The first kappa shape index (κ1) is 17.2. The molecule has 0 N–H and O–H groups in total. The van der Waals surface area contributed by atoms with Gasteiger partial charge >= 0.3 is 0 Å². The van der Waals surface area contributed by atoms with Gasteiger partial charge in [-0.25, -0.2) is 8.42 Å². The number of sulfone groups is 1. The fourth-order valence-corrected chi connectivity index (χ4v) is 3.16. The van der Waals surface area contributed by atoms with E-state index in [0.717, 1.165) is 22.3 Å². The molecule has 21 heavy (non-hydrogen) atoms. The molecule has 0 amide bonds. The van der Waals surface area contributed by atoms with Gasteiger partial charge in [-0.1, -0.05) is 49.1 Å². The van der Waals surface area contributed by atoms with Crippen molar-refractivity contribution in [1.29, 1.82) is 0 Å². The van der Waals surface area contributed by atoms with Crippen molar-refractivity contribution in [3.05, 3.63) is 66.3 Å². The second-order valence-electron chi connectivity index (χ2n) is 5.31. The lowest BCUT2D eigenvalue weighted by atomic mass is 9.94.